The monoisotopic (exact) mass is 774 g/mol. The van der Waals surface area contributed by atoms with Crippen LogP contribution in [0.2, 0.25) is 0 Å². The van der Waals surface area contributed by atoms with Crippen LogP contribution in [0.15, 0.2) is 152 Å². The molecule has 0 saturated heterocycles. The molecule has 0 saturated carbocycles. The topological polar surface area (TPSA) is 33.5 Å². The van der Waals surface area contributed by atoms with Crippen molar-refractivity contribution in [2.24, 2.45) is 0 Å². The molecule has 0 bridgehead atoms. The summed E-state index contributed by atoms with van der Waals surface area (Å²) in [5.41, 5.74) is 13.2. The third-order valence-corrected chi connectivity index (χ3v) is 11.8. The Morgan fingerprint density at radius 1 is 0.492 bits per heavy atom. The van der Waals surface area contributed by atoms with Gasteiger partial charge in [-0.05, 0) is 105 Å². The van der Waals surface area contributed by atoms with Crippen LogP contribution >= 0.6 is 0 Å². The number of anilines is 4. The number of rotatable bonds is 6. The smallest absolute Gasteiger partial charge is 0.137 e. The molecule has 0 N–H and O–H groups in total. The Labute approximate surface area is 349 Å². The van der Waals surface area contributed by atoms with Gasteiger partial charge in [0.1, 0.15) is 24.0 Å². The minimum atomic E-state index is -0.0362. The molecular formula is C54H54N4O. The number of ether oxygens (including phenoxy) is 1. The van der Waals surface area contributed by atoms with Crippen molar-refractivity contribution < 1.29 is 4.74 Å². The highest BCUT2D eigenvalue weighted by Gasteiger charge is 2.32. The summed E-state index contributed by atoms with van der Waals surface area (Å²) in [7, 11) is 0. The lowest BCUT2D eigenvalue weighted by Gasteiger charge is -2.30. The van der Waals surface area contributed by atoms with Gasteiger partial charge >= 0.3 is 0 Å². The van der Waals surface area contributed by atoms with Gasteiger partial charge in [0.25, 0.3) is 0 Å². The van der Waals surface area contributed by atoms with Crippen LogP contribution in [0, 0.1) is 0 Å². The highest BCUT2D eigenvalue weighted by molar-refractivity contribution is 6.10. The van der Waals surface area contributed by atoms with E-state index in [2.05, 4.69) is 216 Å². The van der Waals surface area contributed by atoms with Crippen molar-refractivity contribution in [2.45, 2.75) is 78.6 Å². The first-order valence-corrected chi connectivity index (χ1v) is 20.8. The van der Waals surface area contributed by atoms with Gasteiger partial charge < -0.3 is 14.5 Å². The van der Waals surface area contributed by atoms with Gasteiger partial charge in [-0.2, -0.15) is 0 Å². The van der Waals surface area contributed by atoms with Crippen LogP contribution in [0.3, 0.4) is 0 Å². The van der Waals surface area contributed by atoms with E-state index >= 15 is 0 Å². The van der Waals surface area contributed by atoms with E-state index in [0.29, 0.717) is 6.67 Å². The molecule has 5 nitrogen and oxygen atoms in total. The van der Waals surface area contributed by atoms with Crippen molar-refractivity contribution in [3.63, 3.8) is 0 Å². The average molecular weight is 775 g/mol. The molecule has 0 amide bonds. The number of hydrogen-bond donors (Lipinski definition) is 0. The summed E-state index contributed by atoms with van der Waals surface area (Å²) in [6.07, 6.45) is 1.93. The molecule has 296 valence electrons. The van der Waals surface area contributed by atoms with E-state index in [1.807, 2.05) is 12.3 Å². The highest BCUT2D eigenvalue weighted by Crippen LogP contribution is 2.49. The molecular weight excluding hydrogens is 721 g/mol. The Morgan fingerprint density at radius 3 is 1.88 bits per heavy atom. The zero-order chi connectivity index (χ0) is 41.3. The molecule has 5 heteroatoms. The number of para-hydroxylation sites is 2. The van der Waals surface area contributed by atoms with E-state index in [-0.39, 0.29) is 16.2 Å². The van der Waals surface area contributed by atoms with Crippen LogP contribution in [0.1, 0.15) is 79.0 Å². The molecule has 0 unspecified atom stereocenters. The second-order valence-corrected chi connectivity index (χ2v) is 19.1. The average Bonchev–Trinajstić information content (AvgIpc) is 3.76. The lowest BCUT2D eigenvalue weighted by molar-refractivity contribution is 0.483. The Kier molecular flexibility index (Phi) is 9.19. The van der Waals surface area contributed by atoms with Crippen LogP contribution in [-0.4, -0.2) is 16.2 Å². The standard InChI is InChI=1S/C54H54N4O/c1-52(2,3)37-25-28-45-43(31-37)42-27-26-41(34-49(42)58(45)50-32-38(29-30-55-50)53(4,5)6)59-40-20-15-19-39(33-40)56-35-57(47-23-14-13-22-46(47)56)48-24-16-21-44(54(7,8)9)51(48)36-17-11-10-12-18-36/h10-34H,35H2,1-9H3. The number of pyridine rings is 1. The second kappa shape index (κ2) is 14.2. The van der Waals surface area contributed by atoms with E-state index in [0.717, 1.165) is 39.7 Å². The summed E-state index contributed by atoms with van der Waals surface area (Å²) in [5.74, 6) is 2.46. The molecule has 1 aliphatic heterocycles. The fourth-order valence-electron chi connectivity index (χ4n) is 8.58. The van der Waals surface area contributed by atoms with Crippen molar-refractivity contribution in [1.82, 2.24) is 9.55 Å². The minimum absolute atomic E-state index is 0.0112. The zero-order valence-corrected chi connectivity index (χ0v) is 35.8. The van der Waals surface area contributed by atoms with Gasteiger partial charge in [-0.25, -0.2) is 4.98 Å². The Balaban J connectivity index is 1.10. The maximum Gasteiger partial charge on any atom is 0.137 e. The number of fused-ring (bicyclic) bond motifs is 4. The van der Waals surface area contributed by atoms with Crippen molar-refractivity contribution in [3.05, 3.63) is 168 Å². The first kappa shape index (κ1) is 38.2. The molecule has 1 aliphatic rings. The van der Waals surface area contributed by atoms with Crippen LogP contribution < -0.4 is 14.5 Å². The molecule has 3 heterocycles. The maximum atomic E-state index is 6.79. The van der Waals surface area contributed by atoms with Gasteiger partial charge in [0, 0.05) is 40.4 Å². The van der Waals surface area contributed by atoms with E-state index in [1.165, 1.54) is 50.0 Å². The molecule has 0 aliphatic carbocycles. The second-order valence-electron chi connectivity index (χ2n) is 19.1. The quantitative estimate of drug-likeness (QED) is 0.168. The molecule has 6 aromatic carbocycles. The molecule has 59 heavy (non-hydrogen) atoms. The van der Waals surface area contributed by atoms with E-state index in [9.17, 15) is 0 Å². The Morgan fingerprint density at radius 2 is 1.15 bits per heavy atom. The fourth-order valence-corrected chi connectivity index (χ4v) is 8.58. The van der Waals surface area contributed by atoms with Gasteiger partial charge in [0.2, 0.25) is 0 Å². The number of benzene rings is 6. The zero-order valence-electron chi connectivity index (χ0n) is 35.8. The summed E-state index contributed by atoms with van der Waals surface area (Å²) in [6, 6.07) is 52.5. The Hall–Kier alpha value is -6.33. The first-order valence-electron chi connectivity index (χ1n) is 20.8. The van der Waals surface area contributed by atoms with Crippen molar-refractivity contribution in [2.75, 3.05) is 16.5 Å². The molecule has 0 fully saturated rings. The normalized spacial score (nSPS) is 13.4. The van der Waals surface area contributed by atoms with Gasteiger partial charge in [-0.3, -0.25) is 4.57 Å². The number of nitrogens with zero attached hydrogens (tertiary/aromatic N) is 4. The largest absolute Gasteiger partial charge is 0.457 e. The summed E-state index contributed by atoms with van der Waals surface area (Å²) in [6.45, 7) is 21.1. The molecule has 9 rings (SSSR count). The highest BCUT2D eigenvalue weighted by atomic mass is 16.5. The lowest BCUT2D eigenvalue weighted by Crippen LogP contribution is -2.25. The predicted octanol–water partition coefficient (Wildman–Crippen LogP) is 14.8. The summed E-state index contributed by atoms with van der Waals surface area (Å²) < 4.78 is 9.08. The molecule has 0 spiro atoms. The van der Waals surface area contributed by atoms with Gasteiger partial charge in [-0.15, -0.1) is 0 Å². The first-order chi connectivity index (χ1) is 28.1. The van der Waals surface area contributed by atoms with E-state index < -0.39 is 0 Å². The Bertz CT molecular complexity index is 2850. The molecule has 0 atom stereocenters. The summed E-state index contributed by atoms with van der Waals surface area (Å²) in [4.78, 5) is 9.79. The van der Waals surface area contributed by atoms with Crippen LogP contribution in [0.5, 0.6) is 11.5 Å². The number of hydrogen-bond acceptors (Lipinski definition) is 4. The summed E-state index contributed by atoms with van der Waals surface area (Å²) in [5, 5.41) is 2.39. The fraction of sp³-hybridized carbons (Fsp3) is 0.241. The lowest BCUT2D eigenvalue weighted by atomic mass is 9.81. The van der Waals surface area contributed by atoms with Gasteiger partial charge in [0.05, 0.1) is 28.1 Å². The molecule has 2 aromatic heterocycles. The van der Waals surface area contributed by atoms with Gasteiger partial charge in [0.15, 0.2) is 0 Å². The SMILES string of the molecule is CC(C)(C)c1ccnc(-n2c3ccc(C(C)(C)C)cc3c3ccc(Oc4cccc(N5CN(c6cccc(C(C)(C)C)c6-c6ccccc6)c6ccccc65)c4)cc32)c1. The van der Waals surface area contributed by atoms with Crippen LogP contribution in [0.25, 0.3) is 38.8 Å². The third-order valence-electron chi connectivity index (χ3n) is 11.8. The third kappa shape index (κ3) is 7.03. The van der Waals surface area contributed by atoms with Crippen LogP contribution in [0.4, 0.5) is 22.7 Å². The maximum absolute atomic E-state index is 6.79. The summed E-state index contributed by atoms with van der Waals surface area (Å²) >= 11 is 0. The van der Waals surface area contributed by atoms with E-state index in [4.69, 9.17) is 9.72 Å². The van der Waals surface area contributed by atoms with Crippen molar-refractivity contribution in [3.8, 4) is 28.4 Å². The molecule has 0 radical (unpaired) electrons. The van der Waals surface area contributed by atoms with E-state index in [1.54, 1.807) is 0 Å². The predicted molar refractivity (Wildman–Crippen MR) is 249 cm³/mol. The van der Waals surface area contributed by atoms with Crippen LogP contribution in [-0.2, 0) is 16.2 Å². The number of aromatic nitrogens is 2. The molecule has 8 aromatic rings. The van der Waals surface area contributed by atoms with Crippen molar-refractivity contribution >= 4 is 44.6 Å². The minimum Gasteiger partial charge on any atom is -0.457 e. The van der Waals surface area contributed by atoms with Crippen molar-refractivity contribution in [1.29, 1.82) is 0 Å². The van der Waals surface area contributed by atoms with Gasteiger partial charge in [-0.1, -0.05) is 129 Å².